The molecule has 4 aromatic heterocycles. The molecule has 8 rings (SSSR count). The maximum atomic E-state index is 12.8. The molecule has 296 valence electrons. The van der Waals surface area contributed by atoms with Gasteiger partial charge in [-0.1, -0.05) is 65.7 Å². The summed E-state index contributed by atoms with van der Waals surface area (Å²) < 4.78 is 6.97. The van der Waals surface area contributed by atoms with Crippen LogP contribution in [0.1, 0.15) is 49.8 Å². The molecule has 59 heavy (non-hydrogen) atoms. The lowest BCUT2D eigenvalue weighted by atomic mass is 9.82. The number of aromatic nitrogens is 4. The van der Waals surface area contributed by atoms with Crippen LogP contribution < -0.4 is 4.74 Å². The van der Waals surface area contributed by atoms with Crippen LogP contribution in [0.15, 0.2) is 156 Å². The molecule has 5 heterocycles. The zero-order valence-electron chi connectivity index (χ0n) is 31.6. The van der Waals surface area contributed by atoms with E-state index in [9.17, 15) is 20.1 Å². The summed E-state index contributed by atoms with van der Waals surface area (Å²) in [6.45, 7) is 1.83. The van der Waals surface area contributed by atoms with Gasteiger partial charge in [0.2, 0.25) is 0 Å². The Morgan fingerprint density at radius 3 is 1.64 bits per heavy atom. The summed E-state index contributed by atoms with van der Waals surface area (Å²) >= 11 is 13.8. The lowest BCUT2D eigenvalue weighted by molar-refractivity contribution is 0.0696. The van der Waals surface area contributed by atoms with Crippen molar-refractivity contribution in [2.75, 3.05) is 6.54 Å². The van der Waals surface area contributed by atoms with Crippen molar-refractivity contribution < 1.29 is 24.9 Å². The van der Waals surface area contributed by atoms with E-state index < -0.39 is 12.1 Å². The van der Waals surface area contributed by atoms with E-state index in [-0.39, 0.29) is 46.0 Å². The van der Waals surface area contributed by atoms with E-state index in [1.165, 1.54) is 6.07 Å². The van der Waals surface area contributed by atoms with E-state index in [1.54, 1.807) is 55.1 Å². The Morgan fingerprint density at radius 1 is 0.661 bits per heavy atom. The molecule has 6 aromatic rings. The number of carboxylic acid groups (broad SMARTS) is 1. The Morgan fingerprint density at radius 2 is 1.15 bits per heavy atom. The Bertz CT molecular complexity index is 2490. The maximum Gasteiger partial charge on any atom is 0.336 e. The SMILES string of the molecule is O=C(O)c1ccccc1C1=C2C=C(Cl)C(O)C(CN(Cc3ccccn3)Cc3ccccn3)=C2Oc2c1cc(Cl)c(O)c2CN(Cc1ccccn1)Cc1ccccn1. The van der Waals surface area contributed by atoms with E-state index in [2.05, 4.69) is 29.7 Å². The molecule has 0 radical (unpaired) electrons. The van der Waals surface area contributed by atoms with Crippen LogP contribution >= 0.6 is 23.2 Å². The molecule has 2 aromatic carbocycles. The number of aliphatic hydroxyl groups is 1. The third kappa shape index (κ3) is 8.80. The van der Waals surface area contributed by atoms with Crippen LogP contribution in [0.4, 0.5) is 0 Å². The molecule has 1 aliphatic carbocycles. The number of aliphatic hydroxyl groups excluding tert-OH is 1. The van der Waals surface area contributed by atoms with Gasteiger partial charge in [-0.3, -0.25) is 29.7 Å². The highest BCUT2D eigenvalue weighted by Gasteiger charge is 2.38. The van der Waals surface area contributed by atoms with Gasteiger partial charge in [-0.05, 0) is 72.3 Å². The third-order valence-electron chi connectivity index (χ3n) is 10.1. The second-order valence-corrected chi connectivity index (χ2v) is 15.0. The number of benzene rings is 2. The van der Waals surface area contributed by atoms with E-state index >= 15 is 0 Å². The molecule has 1 unspecified atom stereocenters. The number of aromatic carboxylic acids is 1. The highest BCUT2D eigenvalue weighted by atomic mass is 35.5. The molecular formula is C46H38Cl2N6O5. The van der Waals surface area contributed by atoms with Crippen LogP contribution in [0, 0.1) is 0 Å². The van der Waals surface area contributed by atoms with Crippen molar-refractivity contribution in [3.8, 4) is 11.5 Å². The van der Waals surface area contributed by atoms with E-state index in [0.717, 1.165) is 22.8 Å². The summed E-state index contributed by atoms with van der Waals surface area (Å²) in [6.07, 6.45) is 7.23. The maximum absolute atomic E-state index is 12.8. The minimum Gasteiger partial charge on any atom is -0.506 e. The van der Waals surface area contributed by atoms with Gasteiger partial charge in [0.15, 0.2) is 0 Å². The van der Waals surface area contributed by atoms with Gasteiger partial charge in [-0.2, -0.15) is 0 Å². The summed E-state index contributed by atoms with van der Waals surface area (Å²) in [4.78, 5) is 35.2. The van der Waals surface area contributed by atoms with E-state index in [1.807, 2.05) is 72.8 Å². The Hall–Kier alpha value is -6.21. The Labute approximate surface area is 350 Å². The average Bonchev–Trinajstić information content (AvgIpc) is 3.25. The van der Waals surface area contributed by atoms with Crippen molar-refractivity contribution in [2.24, 2.45) is 0 Å². The van der Waals surface area contributed by atoms with E-state index in [4.69, 9.17) is 27.9 Å². The van der Waals surface area contributed by atoms with E-state index in [0.29, 0.717) is 59.6 Å². The summed E-state index contributed by atoms with van der Waals surface area (Å²) in [5, 5.41) is 34.5. The van der Waals surface area contributed by atoms with Crippen molar-refractivity contribution >= 4 is 34.7 Å². The van der Waals surface area contributed by atoms with Crippen LogP contribution in [0.5, 0.6) is 11.5 Å². The second kappa shape index (κ2) is 17.7. The van der Waals surface area contributed by atoms with Crippen molar-refractivity contribution in [3.05, 3.63) is 206 Å². The zero-order valence-corrected chi connectivity index (χ0v) is 33.1. The molecule has 0 spiro atoms. The number of hydrogen-bond acceptors (Lipinski definition) is 10. The van der Waals surface area contributed by atoms with Crippen molar-refractivity contribution in [1.29, 1.82) is 0 Å². The number of carboxylic acids is 1. The van der Waals surface area contributed by atoms with Crippen molar-refractivity contribution in [1.82, 2.24) is 29.7 Å². The molecule has 1 aliphatic heterocycles. The van der Waals surface area contributed by atoms with Gasteiger partial charge in [-0.15, -0.1) is 0 Å². The highest BCUT2D eigenvalue weighted by Crippen LogP contribution is 2.52. The summed E-state index contributed by atoms with van der Waals surface area (Å²) in [5.74, 6) is -0.811. The first-order valence-corrected chi connectivity index (χ1v) is 19.6. The number of phenols is 1. The second-order valence-electron chi connectivity index (χ2n) is 14.2. The fourth-order valence-corrected chi connectivity index (χ4v) is 7.91. The molecule has 2 aliphatic rings. The lowest BCUT2D eigenvalue weighted by Crippen LogP contribution is -2.34. The first-order valence-electron chi connectivity index (χ1n) is 18.9. The molecule has 1 atom stereocenters. The summed E-state index contributed by atoms with van der Waals surface area (Å²) in [5.41, 5.74) is 5.72. The average molecular weight is 826 g/mol. The number of phenolic OH excluding ortho intramolecular Hbond substituents is 1. The molecule has 0 fully saturated rings. The molecule has 0 bridgehead atoms. The number of rotatable bonds is 14. The predicted molar refractivity (Wildman–Crippen MR) is 224 cm³/mol. The third-order valence-corrected chi connectivity index (χ3v) is 10.7. The lowest BCUT2D eigenvalue weighted by Gasteiger charge is -2.35. The molecule has 13 heteroatoms. The topological polar surface area (TPSA) is 145 Å². The molecule has 0 saturated carbocycles. The smallest absolute Gasteiger partial charge is 0.336 e. The van der Waals surface area contributed by atoms with Crippen LogP contribution in [0.2, 0.25) is 5.02 Å². The summed E-state index contributed by atoms with van der Waals surface area (Å²) in [6, 6.07) is 31.0. The number of fused-ring (bicyclic) bond motifs is 2. The van der Waals surface area contributed by atoms with Crippen LogP contribution in [0.3, 0.4) is 0 Å². The molecule has 3 N–H and O–H groups in total. The van der Waals surface area contributed by atoms with Gasteiger partial charge in [0.05, 0.1) is 44.0 Å². The number of halogens is 2. The van der Waals surface area contributed by atoms with Crippen molar-refractivity contribution in [3.63, 3.8) is 0 Å². The minimum absolute atomic E-state index is 0.0315. The number of ether oxygens (including phenoxy) is 1. The van der Waals surface area contributed by atoms with Gasteiger partial charge in [0, 0.05) is 86.3 Å². The Balaban J connectivity index is 1.32. The van der Waals surface area contributed by atoms with Crippen LogP contribution in [0.25, 0.3) is 5.57 Å². The molecule has 0 amide bonds. The van der Waals surface area contributed by atoms with Crippen LogP contribution in [-0.4, -0.2) is 63.7 Å². The number of nitrogens with zero attached hydrogens (tertiary/aromatic N) is 6. The first kappa shape index (κ1) is 39.6. The Kier molecular flexibility index (Phi) is 11.9. The number of pyridine rings is 4. The number of hydrogen-bond donors (Lipinski definition) is 3. The van der Waals surface area contributed by atoms with Gasteiger partial charge in [-0.25, -0.2) is 4.79 Å². The number of carbonyl (C=O) groups is 1. The van der Waals surface area contributed by atoms with Gasteiger partial charge in [0.25, 0.3) is 0 Å². The zero-order chi connectivity index (χ0) is 40.9. The quantitative estimate of drug-likeness (QED) is 0.0978. The fraction of sp³-hybridized carbons (Fsp3) is 0.152. The largest absolute Gasteiger partial charge is 0.506 e. The normalized spacial score (nSPS) is 14.9. The number of allylic oxidation sites excluding steroid dienone is 1. The van der Waals surface area contributed by atoms with Gasteiger partial charge in [0.1, 0.15) is 23.4 Å². The summed E-state index contributed by atoms with van der Waals surface area (Å²) in [7, 11) is 0. The monoisotopic (exact) mass is 824 g/mol. The van der Waals surface area contributed by atoms with Gasteiger partial charge >= 0.3 is 5.97 Å². The van der Waals surface area contributed by atoms with Crippen molar-refractivity contribution in [2.45, 2.75) is 38.8 Å². The fourth-order valence-electron chi connectivity index (χ4n) is 7.44. The van der Waals surface area contributed by atoms with Gasteiger partial charge < -0.3 is 20.1 Å². The van der Waals surface area contributed by atoms with Crippen LogP contribution in [-0.2, 0) is 32.7 Å². The molecule has 0 saturated heterocycles. The predicted octanol–water partition coefficient (Wildman–Crippen LogP) is 8.17. The standard InChI is InChI=1S/C46H38Cl2N6O5/c47-39-21-35-41(33-15-1-2-16-34(33)46(57)58)36-22-40(48)43(56)38(28-54(25-31-13-5-9-19-51-31)26-32-14-6-10-20-52-32)45(36)59-44(35)37(42(39)55)27-53(23-29-11-3-7-17-49-29)24-30-12-4-8-18-50-30/h1-22,42,55-56H,23-28H2,(H,57,58). The highest BCUT2D eigenvalue weighted by molar-refractivity contribution is 6.32. The molecule has 11 nitrogen and oxygen atoms in total. The first-order chi connectivity index (χ1) is 28.7. The number of aromatic hydroxyl groups is 1. The molecular weight excluding hydrogens is 787 g/mol. The minimum atomic E-state index is -1.28.